The van der Waals surface area contributed by atoms with Gasteiger partial charge in [-0.15, -0.1) is 0 Å². The molecule has 106 valence electrons. The highest BCUT2D eigenvalue weighted by atomic mass is 16.5. The van der Waals surface area contributed by atoms with Gasteiger partial charge < -0.3 is 15.4 Å². The fraction of sp³-hybridized carbons (Fsp3) is 0.533. The fourth-order valence-corrected chi connectivity index (χ4v) is 2.04. The molecule has 19 heavy (non-hydrogen) atoms. The second kappa shape index (κ2) is 7.14. The number of methoxy groups -OCH3 is 1. The van der Waals surface area contributed by atoms with Crippen molar-refractivity contribution in [2.45, 2.75) is 26.3 Å². The summed E-state index contributed by atoms with van der Waals surface area (Å²) in [7, 11) is 3.48. The minimum absolute atomic E-state index is 0.0192. The Morgan fingerprint density at radius 2 is 2.11 bits per heavy atom. The second-order valence-electron chi connectivity index (χ2n) is 5.12. The summed E-state index contributed by atoms with van der Waals surface area (Å²) in [5.74, 6) is 0.354. The van der Waals surface area contributed by atoms with Crippen LogP contribution in [0.3, 0.4) is 0 Å². The zero-order valence-electron chi connectivity index (χ0n) is 12.2. The van der Waals surface area contributed by atoms with E-state index in [9.17, 15) is 4.79 Å². The summed E-state index contributed by atoms with van der Waals surface area (Å²) < 4.78 is 5.06. The number of hydrogen-bond acceptors (Lipinski definition) is 3. The van der Waals surface area contributed by atoms with Crippen LogP contribution < -0.4 is 5.73 Å². The smallest absolute Gasteiger partial charge is 0.223 e. The predicted molar refractivity (Wildman–Crippen MR) is 77.7 cm³/mol. The summed E-state index contributed by atoms with van der Waals surface area (Å²) in [6.07, 6.45) is 0.497. The zero-order valence-corrected chi connectivity index (χ0v) is 12.2. The van der Waals surface area contributed by atoms with Gasteiger partial charge in [0, 0.05) is 32.9 Å². The summed E-state index contributed by atoms with van der Waals surface area (Å²) >= 11 is 0. The standard InChI is InChI=1S/C15H24N2O2/c1-11(10-19-4)8-15(18)17(3)12(2)13-6-5-7-14(16)9-13/h5-7,9,11-12H,8,10,16H2,1-4H3. The van der Waals surface area contributed by atoms with Gasteiger partial charge in [0.25, 0.3) is 0 Å². The minimum atomic E-state index is 0.0192. The molecule has 2 unspecified atom stereocenters. The molecular formula is C15H24N2O2. The lowest BCUT2D eigenvalue weighted by Crippen LogP contribution is -2.31. The van der Waals surface area contributed by atoms with Crippen molar-refractivity contribution in [1.82, 2.24) is 4.90 Å². The average molecular weight is 264 g/mol. The van der Waals surface area contributed by atoms with Gasteiger partial charge in [-0.25, -0.2) is 0 Å². The van der Waals surface area contributed by atoms with Crippen LogP contribution in [0.4, 0.5) is 5.69 Å². The molecule has 0 radical (unpaired) electrons. The van der Waals surface area contributed by atoms with Crippen molar-refractivity contribution in [2.24, 2.45) is 5.92 Å². The third kappa shape index (κ3) is 4.56. The minimum Gasteiger partial charge on any atom is -0.399 e. The number of anilines is 1. The highest BCUT2D eigenvalue weighted by Gasteiger charge is 2.19. The molecule has 4 nitrogen and oxygen atoms in total. The van der Waals surface area contributed by atoms with Gasteiger partial charge in [-0.2, -0.15) is 0 Å². The molecule has 0 aromatic heterocycles. The molecule has 1 aromatic rings. The van der Waals surface area contributed by atoms with E-state index in [1.807, 2.05) is 45.2 Å². The van der Waals surface area contributed by atoms with Crippen LogP contribution in [0.5, 0.6) is 0 Å². The van der Waals surface area contributed by atoms with Crippen molar-refractivity contribution in [3.05, 3.63) is 29.8 Å². The first kappa shape index (κ1) is 15.5. The van der Waals surface area contributed by atoms with Crippen LogP contribution >= 0.6 is 0 Å². The van der Waals surface area contributed by atoms with E-state index in [1.165, 1.54) is 0 Å². The molecule has 2 N–H and O–H groups in total. The van der Waals surface area contributed by atoms with Crippen molar-refractivity contribution >= 4 is 11.6 Å². The maximum atomic E-state index is 12.2. The van der Waals surface area contributed by atoms with Gasteiger partial charge >= 0.3 is 0 Å². The van der Waals surface area contributed by atoms with E-state index < -0.39 is 0 Å². The van der Waals surface area contributed by atoms with E-state index in [1.54, 1.807) is 12.0 Å². The molecule has 0 saturated carbocycles. The lowest BCUT2D eigenvalue weighted by atomic mass is 10.0. The summed E-state index contributed by atoms with van der Waals surface area (Å²) in [6.45, 7) is 4.63. The molecule has 1 rings (SSSR count). The Labute approximate surface area is 115 Å². The summed E-state index contributed by atoms with van der Waals surface area (Å²) in [5.41, 5.74) is 7.54. The normalized spacial score (nSPS) is 13.9. The van der Waals surface area contributed by atoms with E-state index in [0.717, 1.165) is 11.3 Å². The topological polar surface area (TPSA) is 55.6 Å². The number of nitrogens with two attached hydrogens (primary N) is 1. The van der Waals surface area contributed by atoms with Crippen molar-refractivity contribution in [2.75, 3.05) is 26.5 Å². The van der Waals surface area contributed by atoms with E-state index >= 15 is 0 Å². The Balaban J connectivity index is 2.66. The lowest BCUT2D eigenvalue weighted by molar-refractivity contribution is -0.133. The van der Waals surface area contributed by atoms with Gasteiger partial charge in [0.2, 0.25) is 5.91 Å². The van der Waals surface area contributed by atoms with Gasteiger partial charge in [-0.3, -0.25) is 4.79 Å². The van der Waals surface area contributed by atoms with Gasteiger partial charge in [0.05, 0.1) is 6.04 Å². The second-order valence-corrected chi connectivity index (χ2v) is 5.12. The fourth-order valence-electron chi connectivity index (χ4n) is 2.04. The molecule has 1 aromatic carbocycles. The predicted octanol–water partition coefficient (Wildman–Crippen LogP) is 2.46. The highest BCUT2D eigenvalue weighted by molar-refractivity contribution is 5.76. The lowest BCUT2D eigenvalue weighted by Gasteiger charge is -2.26. The number of nitrogens with zero attached hydrogens (tertiary/aromatic N) is 1. The Morgan fingerprint density at radius 1 is 1.42 bits per heavy atom. The molecule has 0 bridgehead atoms. The summed E-state index contributed by atoms with van der Waals surface area (Å²) in [4.78, 5) is 13.9. The number of benzene rings is 1. The Morgan fingerprint density at radius 3 is 2.68 bits per heavy atom. The molecule has 0 saturated heterocycles. The Kier molecular flexibility index (Phi) is 5.83. The van der Waals surface area contributed by atoms with Crippen LogP contribution in [0, 0.1) is 5.92 Å². The number of rotatable bonds is 6. The first-order chi connectivity index (χ1) is 8.95. The molecule has 2 atom stereocenters. The maximum Gasteiger partial charge on any atom is 0.223 e. The van der Waals surface area contributed by atoms with Gasteiger partial charge in [-0.05, 0) is 30.5 Å². The quantitative estimate of drug-likeness (QED) is 0.803. The van der Waals surface area contributed by atoms with Crippen molar-refractivity contribution < 1.29 is 9.53 Å². The molecular weight excluding hydrogens is 240 g/mol. The van der Waals surface area contributed by atoms with Crippen LogP contribution in [-0.4, -0.2) is 31.6 Å². The molecule has 0 spiro atoms. The first-order valence-corrected chi connectivity index (χ1v) is 6.55. The van der Waals surface area contributed by atoms with E-state index in [0.29, 0.717) is 13.0 Å². The molecule has 0 fully saturated rings. The Hall–Kier alpha value is -1.55. The number of amides is 1. The van der Waals surface area contributed by atoms with Gasteiger partial charge in [0.1, 0.15) is 0 Å². The maximum absolute atomic E-state index is 12.2. The van der Waals surface area contributed by atoms with E-state index in [-0.39, 0.29) is 17.9 Å². The number of ether oxygens (including phenoxy) is 1. The number of hydrogen-bond donors (Lipinski definition) is 1. The highest BCUT2D eigenvalue weighted by Crippen LogP contribution is 2.22. The number of carbonyl (C=O) groups is 1. The third-order valence-electron chi connectivity index (χ3n) is 3.34. The molecule has 0 aliphatic heterocycles. The first-order valence-electron chi connectivity index (χ1n) is 6.55. The van der Waals surface area contributed by atoms with Crippen molar-refractivity contribution in [3.63, 3.8) is 0 Å². The van der Waals surface area contributed by atoms with E-state index in [2.05, 4.69) is 0 Å². The summed E-state index contributed by atoms with van der Waals surface area (Å²) in [5, 5.41) is 0. The summed E-state index contributed by atoms with van der Waals surface area (Å²) in [6, 6.07) is 7.67. The SMILES string of the molecule is COCC(C)CC(=O)N(C)C(C)c1cccc(N)c1. The van der Waals surface area contributed by atoms with Crippen molar-refractivity contribution in [3.8, 4) is 0 Å². The molecule has 0 aliphatic rings. The monoisotopic (exact) mass is 264 g/mol. The average Bonchev–Trinajstić information content (AvgIpc) is 2.37. The van der Waals surface area contributed by atoms with Crippen LogP contribution in [0.1, 0.15) is 31.9 Å². The molecule has 4 heteroatoms. The molecule has 1 amide bonds. The third-order valence-corrected chi connectivity index (χ3v) is 3.34. The Bertz CT molecular complexity index is 420. The zero-order chi connectivity index (χ0) is 14.4. The number of nitrogen functional groups attached to an aromatic ring is 1. The van der Waals surface area contributed by atoms with Crippen LogP contribution in [0.25, 0.3) is 0 Å². The van der Waals surface area contributed by atoms with E-state index in [4.69, 9.17) is 10.5 Å². The van der Waals surface area contributed by atoms with Gasteiger partial charge in [0.15, 0.2) is 0 Å². The van der Waals surface area contributed by atoms with Crippen LogP contribution in [0.2, 0.25) is 0 Å². The molecule has 0 heterocycles. The van der Waals surface area contributed by atoms with Crippen LogP contribution in [0.15, 0.2) is 24.3 Å². The van der Waals surface area contributed by atoms with Gasteiger partial charge in [-0.1, -0.05) is 19.1 Å². The van der Waals surface area contributed by atoms with Crippen molar-refractivity contribution in [1.29, 1.82) is 0 Å². The largest absolute Gasteiger partial charge is 0.399 e. The van der Waals surface area contributed by atoms with Crippen LogP contribution in [-0.2, 0) is 9.53 Å². The number of carbonyl (C=O) groups excluding carboxylic acids is 1. The molecule has 0 aliphatic carbocycles.